The van der Waals surface area contributed by atoms with E-state index in [-0.39, 0.29) is 11.7 Å². The highest BCUT2D eigenvalue weighted by Gasteiger charge is 2.38. The Labute approximate surface area is 78.2 Å². The molecule has 1 heterocycles. The lowest BCUT2D eigenvalue weighted by molar-refractivity contribution is -0.128. The van der Waals surface area contributed by atoms with Crippen LogP contribution in [0.5, 0.6) is 0 Å². The van der Waals surface area contributed by atoms with Crippen LogP contribution < -0.4 is 5.32 Å². The summed E-state index contributed by atoms with van der Waals surface area (Å²) in [6.45, 7) is 5.28. The summed E-state index contributed by atoms with van der Waals surface area (Å²) in [6, 6.07) is 0. The van der Waals surface area contributed by atoms with Crippen molar-refractivity contribution < 1.29 is 9.59 Å². The molecule has 0 aliphatic carbocycles. The minimum Gasteiger partial charge on any atom is -0.329 e. The maximum atomic E-state index is 11.4. The van der Waals surface area contributed by atoms with E-state index in [0.717, 1.165) is 5.70 Å². The number of nitrogens with one attached hydrogen (secondary N) is 1. The second-order valence-corrected chi connectivity index (χ2v) is 3.64. The molecular weight excluding hydrogens is 166 g/mol. The molecule has 1 saturated heterocycles. The maximum absolute atomic E-state index is 11.4. The molecule has 0 radical (unpaired) electrons. The van der Waals surface area contributed by atoms with Gasteiger partial charge in [0.05, 0.1) is 5.41 Å². The number of amides is 1. The third kappa shape index (κ3) is 1.64. The summed E-state index contributed by atoms with van der Waals surface area (Å²) in [5.74, 6) is 0.118. The number of rotatable bonds is 1. The van der Waals surface area contributed by atoms with Crippen molar-refractivity contribution in [2.24, 2.45) is 5.41 Å². The summed E-state index contributed by atoms with van der Waals surface area (Å²) in [5.41, 5.74) is 0.263. The monoisotopic (exact) mass is 181 g/mol. The Kier molecular flexibility index (Phi) is 2.55. The molecule has 1 aliphatic rings. The first-order valence-corrected chi connectivity index (χ1v) is 4.48. The second-order valence-electron chi connectivity index (χ2n) is 3.64. The highest BCUT2D eigenvalue weighted by molar-refractivity contribution is 5.90. The second kappa shape index (κ2) is 3.32. The maximum Gasteiger partial charge on any atom is 0.224 e. The van der Waals surface area contributed by atoms with Gasteiger partial charge in [-0.2, -0.15) is 0 Å². The van der Waals surface area contributed by atoms with Crippen LogP contribution in [0.2, 0.25) is 0 Å². The van der Waals surface area contributed by atoms with Gasteiger partial charge in [0.1, 0.15) is 5.78 Å². The van der Waals surface area contributed by atoms with Crippen LogP contribution in [0.4, 0.5) is 0 Å². The van der Waals surface area contributed by atoms with Gasteiger partial charge < -0.3 is 5.32 Å². The molecule has 72 valence electrons. The van der Waals surface area contributed by atoms with Crippen molar-refractivity contribution in [3.63, 3.8) is 0 Å². The Morgan fingerprint density at radius 2 is 2.23 bits per heavy atom. The molecule has 0 bridgehead atoms. The SMILES string of the molecule is C/C=C1/NC(=O)CCC1(C)C(C)=O. The predicted molar refractivity (Wildman–Crippen MR) is 49.9 cm³/mol. The third-order valence-electron chi connectivity index (χ3n) is 2.79. The van der Waals surface area contributed by atoms with Crippen molar-refractivity contribution in [1.29, 1.82) is 0 Å². The lowest BCUT2D eigenvalue weighted by Crippen LogP contribution is -2.43. The number of Topliss-reactive ketones (excluding diaryl/α,β-unsaturated/α-hetero) is 1. The van der Waals surface area contributed by atoms with Crippen LogP contribution in [-0.4, -0.2) is 11.7 Å². The molecule has 1 fully saturated rings. The Balaban J connectivity index is 2.98. The van der Waals surface area contributed by atoms with Gasteiger partial charge in [-0.25, -0.2) is 0 Å². The molecular formula is C10H15NO2. The van der Waals surface area contributed by atoms with E-state index in [4.69, 9.17) is 0 Å². The Morgan fingerprint density at radius 3 is 2.69 bits per heavy atom. The van der Waals surface area contributed by atoms with E-state index in [1.165, 1.54) is 0 Å². The standard InChI is InChI=1S/C10H15NO2/c1-4-8-10(3,7(2)12)6-5-9(13)11-8/h4H,5-6H2,1-3H3,(H,11,13)/b8-4+. The van der Waals surface area contributed by atoms with Crippen LogP contribution in [0.15, 0.2) is 11.8 Å². The van der Waals surface area contributed by atoms with Crippen LogP contribution in [-0.2, 0) is 9.59 Å². The van der Waals surface area contributed by atoms with Crippen LogP contribution in [0, 0.1) is 5.41 Å². The summed E-state index contributed by atoms with van der Waals surface area (Å²) >= 11 is 0. The van der Waals surface area contributed by atoms with Crippen LogP contribution >= 0.6 is 0 Å². The van der Waals surface area contributed by atoms with Crippen molar-refractivity contribution >= 4 is 11.7 Å². The van der Waals surface area contributed by atoms with Gasteiger partial charge >= 0.3 is 0 Å². The highest BCUT2D eigenvalue weighted by atomic mass is 16.2. The first-order chi connectivity index (χ1) is 6.00. The molecule has 0 aromatic heterocycles. The number of ketones is 1. The average molecular weight is 181 g/mol. The third-order valence-corrected chi connectivity index (χ3v) is 2.79. The summed E-state index contributed by atoms with van der Waals surface area (Å²) in [6.07, 6.45) is 2.86. The number of hydrogen-bond acceptors (Lipinski definition) is 2. The zero-order chi connectivity index (χ0) is 10.1. The summed E-state index contributed by atoms with van der Waals surface area (Å²) in [4.78, 5) is 22.5. The lowest BCUT2D eigenvalue weighted by Gasteiger charge is -2.33. The molecule has 1 aliphatic heterocycles. The first-order valence-electron chi connectivity index (χ1n) is 4.48. The Morgan fingerprint density at radius 1 is 1.62 bits per heavy atom. The first kappa shape index (κ1) is 9.96. The molecule has 1 amide bonds. The van der Waals surface area contributed by atoms with E-state index in [1.54, 1.807) is 13.0 Å². The van der Waals surface area contributed by atoms with Gasteiger partial charge in [0.15, 0.2) is 0 Å². The van der Waals surface area contributed by atoms with E-state index < -0.39 is 5.41 Å². The average Bonchev–Trinajstić information content (AvgIpc) is 2.09. The molecule has 3 heteroatoms. The van der Waals surface area contributed by atoms with Crippen LogP contribution in [0.3, 0.4) is 0 Å². The van der Waals surface area contributed by atoms with Crippen LogP contribution in [0.1, 0.15) is 33.6 Å². The number of hydrogen-bond donors (Lipinski definition) is 1. The quantitative estimate of drug-likeness (QED) is 0.664. The van der Waals surface area contributed by atoms with Crippen molar-refractivity contribution in [3.8, 4) is 0 Å². The minimum atomic E-state index is -0.483. The fourth-order valence-corrected chi connectivity index (χ4v) is 1.61. The van der Waals surface area contributed by atoms with Crippen molar-refractivity contribution in [3.05, 3.63) is 11.8 Å². The topological polar surface area (TPSA) is 46.2 Å². The molecule has 1 atom stereocenters. The fraction of sp³-hybridized carbons (Fsp3) is 0.600. The Hall–Kier alpha value is -1.12. The zero-order valence-electron chi connectivity index (χ0n) is 8.31. The molecule has 1 unspecified atom stereocenters. The highest BCUT2D eigenvalue weighted by Crippen LogP contribution is 2.34. The van der Waals surface area contributed by atoms with Gasteiger partial charge in [0, 0.05) is 12.1 Å². The summed E-state index contributed by atoms with van der Waals surface area (Å²) in [7, 11) is 0. The molecule has 0 aromatic rings. The van der Waals surface area contributed by atoms with Gasteiger partial charge in [-0.15, -0.1) is 0 Å². The van der Waals surface area contributed by atoms with E-state index in [1.807, 2.05) is 13.8 Å². The molecule has 3 nitrogen and oxygen atoms in total. The van der Waals surface area contributed by atoms with Gasteiger partial charge in [-0.3, -0.25) is 9.59 Å². The van der Waals surface area contributed by atoms with Crippen molar-refractivity contribution in [1.82, 2.24) is 5.32 Å². The summed E-state index contributed by atoms with van der Waals surface area (Å²) < 4.78 is 0. The van der Waals surface area contributed by atoms with Crippen molar-refractivity contribution in [2.75, 3.05) is 0 Å². The summed E-state index contributed by atoms with van der Waals surface area (Å²) in [5, 5.41) is 2.74. The molecule has 1 rings (SSSR count). The van der Waals surface area contributed by atoms with Gasteiger partial charge in [-0.1, -0.05) is 6.08 Å². The number of carbonyl (C=O) groups excluding carboxylic acids is 2. The fourth-order valence-electron chi connectivity index (χ4n) is 1.61. The normalized spacial score (nSPS) is 31.6. The van der Waals surface area contributed by atoms with Crippen LogP contribution in [0.25, 0.3) is 0 Å². The zero-order valence-corrected chi connectivity index (χ0v) is 8.31. The number of carbonyl (C=O) groups is 2. The molecule has 0 saturated carbocycles. The van der Waals surface area contributed by atoms with Gasteiger partial charge in [0.2, 0.25) is 5.91 Å². The van der Waals surface area contributed by atoms with Gasteiger partial charge in [0.25, 0.3) is 0 Å². The molecule has 1 N–H and O–H groups in total. The van der Waals surface area contributed by atoms with Gasteiger partial charge in [-0.05, 0) is 27.2 Å². The Bertz CT molecular complexity index is 281. The van der Waals surface area contributed by atoms with E-state index in [9.17, 15) is 9.59 Å². The van der Waals surface area contributed by atoms with Crippen molar-refractivity contribution in [2.45, 2.75) is 33.6 Å². The minimum absolute atomic E-state index is 0.00632. The number of allylic oxidation sites excluding steroid dienone is 2. The predicted octanol–water partition coefficient (Wildman–Crippen LogP) is 1.40. The smallest absolute Gasteiger partial charge is 0.224 e. The van der Waals surface area contributed by atoms with E-state index in [0.29, 0.717) is 12.8 Å². The molecule has 13 heavy (non-hydrogen) atoms. The lowest BCUT2D eigenvalue weighted by atomic mass is 9.76. The van der Waals surface area contributed by atoms with E-state index >= 15 is 0 Å². The molecule has 0 aromatic carbocycles. The molecule has 0 spiro atoms. The number of piperidine rings is 1. The van der Waals surface area contributed by atoms with E-state index in [2.05, 4.69) is 5.32 Å². The largest absolute Gasteiger partial charge is 0.329 e.